The van der Waals surface area contributed by atoms with Crippen molar-refractivity contribution in [3.05, 3.63) is 23.8 Å². The largest absolute Gasteiger partial charge is 0.351 e. The predicted molar refractivity (Wildman–Crippen MR) is 90.1 cm³/mol. The Morgan fingerprint density at radius 2 is 2.08 bits per heavy atom. The molecule has 8 nitrogen and oxygen atoms in total. The summed E-state index contributed by atoms with van der Waals surface area (Å²) in [5, 5.41) is 2.68. The molecule has 9 heteroatoms. The molecule has 1 saturated heterocycles. The first-order chi connectivity index (χ1) is 11.4. The Kier molecular flexibility index (Phi) is 6.25. The summed E-state index contributed by atoms with van der Waals surface area (Å²) in [6, 6.07) is -0.305. The lowest BCUT2D eigenvalue weighted by atomic mass is 10.2. The van der Waals surface area contributed by atoms with E-state index >= 15 is 0 Å². The summed E-state index contributed by atoms with van der Waals surface area (Å²) >= 11 is 0. The monoisotopic (exact) mass is 355 g/mol. The van der Waals surface area contributed by atoms with Crippen LogP contribution in [0.1, 0.15) is 51.0 Å². The summed E-state index contributed by atoms with van der Waals surface area (Å²) in [5.41, 5.74) is 1.25. The van der Waals surface area contributed by atoms with Crippen LogP contribution >= 0.6 is 0 Å². The Morgan fingerprint density at radius 3 is 2.71 bits per heavy atom. The molecule has 1 fully saturated rings. The Morgan fingerprint density at radius 1 is 1.38 bits per heavy atom. The summed E-state index contributed by atoms with van der Waals surface area (Å²) < 4.78 is 28.6. The van der Waals surface area contributed by atoms with Crippen LogP contribution in [0.3, 0.4) is 0 Å². The number of hydrogen-bond acceptors (Lipinski definition) is 5. The summed E-state index contributed by atoms with van der Waals surface area (Å²) in [7, 11) is -3.51. The van der Waals surface area contributed by atoms with Gasteiger partial charge >= 0.3 is 0 Å². The van der Waals surface area contributed by atoms with Crippen LogP contribution in [0.5, 0.6) is 0 Å². The second-order valence-corrected chi connectivity index (χ2v) is 7.59. The van der Waals surface area contributed by atoms with Crippen LogP contribution in [0.25, 0.3) is 0 Å². The maximum Gasteiger partial charge on any atom is 0.282 e. The zero-order chi connectivity index (χ0) is 17.7. The number of nitrogens with one attached hydrogen (secondary N) is 1. The van der Waals surface area contributed by atoms with Gasteiger partial charge in [-0.1, -0.05) is 13.8 Å². The van der Waals surface area contributed by atoms with Gasteiger partial charge in [0.1, 0.15) is 0 Å². The third-order valence-electron chi connectivity index (χ3n) is 4.09. The van der Waals surface area contributed by atoms with Crippen molar-refractivity contribution in [2.45, 2.75) is 46.2 Å². The quantitative estimate of drug-likeness (QED) is 0.782. The zero-order valence-electron chi connectivity index (χ0n) is 14.4. The van der Waals surface area contributed by atoms with E-state index in [2.05, 4.69) is 15.3 Å². The zero-order valence-corrected chi connectivity index (χ0v) is 15.2. The molecule has 2 rings (SSSR count). The van der Waals surface area contributed by atoms with Crippen molar-refractivity contribution >= 4 is 16.1 Å². The van der Waals surface area contributed by atoms with E-state index in [1.807, 2.05) is 13.8 Å². The van der Waals surface area contributed by atoms with E-state index < -0.39 is 10.2 Å². The number of amides is 1. The van der Waals surface area contributed by atoms with Crippen molar-refractivity contribution in [1.29, 1.82) is 0 Å². The van der Waals surface area contributed by atoms with Gasteiger partial charge in [-0.25, -0.2) is 0 Å². The van der Waals surface area contributed by atoms with Gasteiger partial charge in [-0.2, -0.15) is 17.0 Å². The lowest BCUT2D eigenvalue weighted by Gasteiger charge is -2.29. The second-order valence-electron chi connectivity index (χ2n) is 5.71. The molecule has 0 aromatic carbocycles. The molecule has 1 unspecified atom stereocenters. The van der Waals surface area contributed by atoms with Gasteiger partial charge in [0, 0.05) is 26.6 Å². The second kappa shape index (κ2) is 8.00. The SMILES string of the molecule is CCN(CC)S(=O)(=O)N1CCCC1c1cncc(CNC(C)=O)n1. The van der Waals surface area contributed by atoms with Gasteiger partial charge in [0.15, 0.2) is 0 Å². The molecule has 0 aliphatic carbocycles. The van der Waals surface area contributed by atoms with Crippen LogP contribution in [0.2, 0.25) is 0 Å². The first-order valence-electron chi connectivity index (χ1n) is 8.22. The number of nitrogens with zero attached hydrogens (tertiary/aromatic N) is 4. The molecule has 1 aliphatic heterocycles. The molecule has 1 aromatic heterocycles. The van der Waals surface area contributed by atoms with E-state index in [-0.39, 0.29) is 18.5 Å². The van der Waals surface area contributed by atoms with Gasteiger partial charge in [-0.3, -0.25) is 14.8 Å². The van der Waals surface area contributed by atoms with Crippen molar-refractivity contribution in [2.75, 3.05) is 19.6 Å². The maximum atomic E-state index is 12.8. The Hall–Kier alpha value is -1.58. The first kappa shape index (κ1) is 18.8. The van der Waals surface area contributed by atoms with Gasteiger partial charge in [0.2, 0.25) is 5.91 Å². The standard InChI is InChI=1S/C15H25N5O3S/c1-4-19(5-2)24(22,23)20-8-6-7-15(20)14-11-16-9-13(18-14)10-17-12(3)21/h9,11,15H,4-8,10H2,1-3H3,(H,17,21). The predicted octanol–water partition coefficient (Wildman–Crippen LogP) is 0.836. The molecular weight excluding hydrogens is 330 g/mol. The molecule has 0 spiro atoms. The third-order valence-corrected chi connectivity index (χ3v) is 6.29. The average Bonchev–Trinajstić information content (AvgIpc) is 3.04. The number of rotatable bonds is 7. The molecule has 2 heterocycles. The fourth-order valence-corrected chi connectivity index (χ4v) is 4.74. The molecule has 1 aliphatic rings. The molecule has 1 N–H and O–H groups in total. The normalized spacial score (nSPS) is 18.9. The smallest absolute Gasteiger partial charge is 0.282 e. The van der Waals surface area contributed by atoms with E-state index in [1.165, 1.54) is 15.5 Å². The highest BCUT2D eigenvalue weighted by Crippen LogP contribution is 2.34. The molecule has 134 valence electrons. The van der Waals surface area contributed by atoms with Crippen LogP contribution in [-0.4, -0.2) is 52.5 Å². The van der Waals surface area contributed by atoms with Gasteiger partial charge in [-0.05, 0) is 12.8 Å². The topological polar surface area (TPSA) is 95.5 Å². The minimum Gasteiger partial charge on any atom is -0.351 e. The minimum absolute atomic E-state index is 0.145. The van der Waals surface area contributed by atoms with E-state index in [0.717, 1.165) is 12.8 Å². The lowest BCUT2D eigenvalue weighted by Crippen LogP contribution is -2.43. The van der Waals surface area contributed by atoms with Crippen molar-refractivity contribution in [2.24, 2.45) is 0 Å². The molecule has 0 saturated carbocycles. The van der Waals surface area contributed by atoms with Gasteiger partial charge < -0.3 is 5.32 Å². The fraction of sp³-hybridized carbons (Fsp3) is 0.667. The third kappa shape index (κ3) is 4.08. The van der Waals surface area contributed by atoms with Gasteiger partial charge in [0.05, 0.1) is 36.4 Å². The van der Waals surface area contributed by atoms with Crippen molar-refractivity contribution in [1.82, 2.24) is 23.9 Å². The molecule has 0 bridgehead atoms. The number of aromatic nitrogens is 2. The number of hydrogen-bond donors (Lipinski definition) is 1. The van der Waals surface area contributed by atoms with E-state index in [9.17, 15) is 13.2 Å². The molecule has 24 heavy (non-hydrogen) atoms. The van der Waals surface area contributed by atoms with Crippen LogP contribution in [0, 0.1) is 0 Å². The molecule has 1 aromatic rings. The molecule has 1 atom stereocenters. The highest BCUT2D eigenvalue weighted by atomic mass is 32.2. The summed E-state index contributed by atoms with van der Waals surface area (Å²) in [4.78, 5) is 19.7. The van der Waals surface area contributed by atoms with Gasteiger partial charge in [-0.15, -0.1) is 0 Å². The summed E-state index contributed by atoms with van der Waals surface area (Å²) in [6.07, 6.45) is 4.71. The van der Waals surface area contributed by atoms with Gasteiger partial charge in [0.25, 0.3) is 10.2 Å². The molecule has 1 amide bonds. The Bertz CT molecular complexity index is 675. The van der Waals surface area contributed by atoms with Crippen molar-refractivity contribution in [3.63, 3.8) is 0 Å². The van der Waals surface area contributed by atoms with Crippen LogP contribution < -0.4 is 5.32 Å². The van der Waals surface area contributed by atoms with Crippen molar-refractivity contribution in [3.8, 4) is 0 Å². The Labute approximate surface area is 143 Å². The van der Waals surface area contributed by atoms with E-state index in [4.69, 9.17) is 0 Å². The highest BCUT2D eigenvalue weighted by Gasteiger charge is 2.38. The molecular formula is C15H25N5O3S. The summed E-state index contributed by atoms with van der Waals surface area (Å²) in [6.45, 7) is 6.76. The minimum atomic E-state index is -3.51. The lowest BCUT2D eigenvalue weighted by molar-refractivity contribution is -0.119. The first-order valence-corrected chi connectivity index (χ1v) is 9.62. The molecule has 0 radical (unpaired) electrons. The Balaban J connectivity index is 2.24. The fourth-order valence-electron chi connectivity index (χ4n) is 2.89. The van der Waals surface area contributed by atoms with Crippen LogP contribution in [-0.2, 0) is 21.5 Å². The highest BCUT2D eigenvalue weighted by molar-refractivity contribution is 7.86. The number of carbonyl (C=O) groups is 1. The summed E-state index contributed by atoms with van der Waals surface area (Å²) in [5.74, 6) is -0.145. The maximum absolute atomic E-state index is 12.8. The van der Waals surface area contributed by atoms with Crippen LogP contribution in [0.15, 0.2) is 12.4 Å². The van der Waals surface area contributed by atoms with Crippen molar-refractivity contribution < 1.29 is 13.2 Å². The van der Waals surface area contributed by atoms with E-state index in [1.54, 1.807) is 12.4 Å². The van der Waals surface area contributed by atoms with E-state index in [0.29, 0.717) is 31.0 Å². The number of carbonyl (C=O) groups excluding carboxylic acids is 1. The average molecular weight is 355 g/mol. The van der Waals surface area contributed by atoms with Crippen LogP contribution in [0.4, 0.5) is 0 Å².